The van der Waals surface area contributed by atoms with Crippen LogP contribution >= 0.6 is 0 Å². The van der Waals surface area contributed by atoms with Gasteiger partial charge in [-0.15, -0.1) is 0 Å². The van der Waals surface area contributed by atoms with Crippen molar-refractivity contribution in [2.24, 2.45) is 0 Å². The van der Waals surface area contributed by atoms with Gasteiger partial charge in [-0.25, -0.2) is 0 Å². The van der Waals surface area contributed by atoms with Gasteiger partial charge < -0.3 is 20.4 Å². The Bertz CT molecular complexity index is 219. The van der Waals surface area contributed by atoms with Crippen LogP contribution in [0.1, 0.15) is 25.7 Å². The average molecular weight is 276 g/mol. The molecule has 0 rings (SSSR count). The molecule has 0 amide bonds. The molecule has 0 bridgehead atoms. The molecule has 0 aliphatic heterocycles. The van der Waals surface area contributed by atoms with Gasteiger partial charge in [0.25, 0.3) is 0 Å². The first kappa shape index (κ1) is 21.4. The third-order valence-electron chi connectivity index (χ3n) is 1.11. The predicted molar refractivity (Wildman–Crippen MR) is 54.8 cm³/mol. The Morgan fingerprint density at radius 3 is 0.706 bits per heavy atom. The van der Waals surface area contributed by atoms with E-state index in [9.17, 15) is 19.2 Å². The van der Waals surface area contributed by atoms with Gasteiger partial charge in [-0.3, -0.25) is 19.2 Å². The molecule has 0 saturated carbocycles. The number of rotatable bonds is 6. The molecule has 0 unspecified atom stereocenters. The maximum Gasteiger partial charge on any atom is 0.303 e. The molecule has 0 aromatic carbocycles. The largest absolute Gasteiger partial charge is 0.481 e. The smallest absolute Gasteiger partial charge is 0.303 e. The molecule has 17 heavy (non-hydrogen) atoms. The molecule has 0 heterocycles. The molecule has 9 heteroatoms. The predicted octanol–water partition coefficient (Wildman–Crippen LogP) is -0.509. The minimum absolute atomic E-state index is 0. The molecule has 0 spiro atoms. The first-order valence-corrected chi connectivity index (χ1v) is 4.13. The molecular weight excluding hydrogens is 264 g/mol. The molecule has 0 fully saturated rings. The first-order chi connectivity index (χ1) is 7.25. The minimum Gasteiger partial charge on any atom is -0.481 e. The summed E-state index contributed by atoms with van der Waals surface area (Å²) in [5.41, 5.74) is 0. The first-order valence-electron chi connectivity index (χ1n) is 4.13. The summed E-state index contributed by atoms with van der Waals surface area (Å²) in [4.78, 5) is 38.6. The van der Waals surface area contributed by atoms with E-state index in [1.165, 1.54) is 0 Å². The van der Waals surface area contributed by atoms with Crippen molar-refractivity contribution in [3.05, 3.63) is 0 Å². The van der Waals surface area contributed by atoms with Gasteiger partial charge in [0.1, 0.15) is 0 Å². The monoisotopic (exact) mass is 276 g/mol. The molecule has 0 aromatic rings. The van der Waals surface area contributed by atoms with E-state index in [1.54, 1.807) is 0 Å². The molecule has 94 valence electrons. The number of hydrogen-bond donors (Lipinski definition) is 4. The van der Waals surface area contributed by atoms with Crippen LogP contribution in [-0.4, -0.2) is 82.0 Å². The van der Waals surface area contributed by atoms with Crippen LogP contribution in [-0.2, 0) is 19.2 Å². The summed E-state index contributed by atoms with van der Waals surface area (Å²) in [6, 6.07) is 0. The molecule has 0 aliphatic rings. The third-order valence-corrected chi connectivity index (χ3v) is 1.11. The second-order valence-electron chi connectivity index (χ2n) is 2.57. The van der Waals surface area contributed by atoms with Crippen molar-refractivity contribution in [3.8, 4) is 0 Å². The Morgan fingerprint density at radius 1 is 0.529 bits per heavy atom. The Morgan fingerprint density at radius 2 is 0.647 bits per heavy atom. The summed E-state index contributed by atoms with van der Waals surface area (Å²) in [6.07, 6.45) is -1.19. The standard InChI is InChI=1S/2C4H6O4.Ca/c2*5-3(6)1-2-4(7)8;/h2*1-2H2,(H,5,6)(H,7,8);. The fourth-order valence-electron chi connectivity index (χ4n) is 0.428. The summed E-state index contributed by atoms with van der Waals surface area (Å²) in [7, 11) is 0. The van der Waals surface area contributed by atoms with Crippen molar-refractivity contribution in [1.82, 2.24) is 0 Å². The molecule has 0 aromatic heterocycles. The number of carboxylic acids is 4. The second-order valence-corrected chi connectivity index (χ2v) is 2.57. The number of carboxylic acid groups (broad SMARTS) is 4. The molecule has 2 radical (unpaired) electrons. The van der Waals surface area contributed by atoms with Gasteiger partial charge in [-0.1, -0.05) is 0 Å². The van der Waals surface area contributed by atoms with E-state index in [0.29, 0.717) is 0 Å². The third kappa shape index (κ3) is 31.3. The SMILES string of the molecule is O=C(O)CCC(=O)O.O=C(O)CCC(=O)O.[Ca]. The van der Waals surface area contributed by atoms with Crippen molar-refractivity contribution < 1.29 is 39.6 Å². The molecule has 0 atom stereocenters. The summed E-state index contributed by atoms with van der Waals surface area (Å²) in [5, 5.41) is 31.6. The zero-order chi connectivity index (χ0) is 13.1. The van der Waals surface area contributed by atoms with Crippen molar-refractivity contribution >= 4 is 61.6 Å². The fraction of sp³-hybridized carbons (Fsp3) is 0.500. The van der Waals surface area contributed by atoms with E-state index in [4.69, 9.17) is 20.4 Å². The van der Waals surface area contributed by atoms with Gasteiger partial charge in [0.05, 0.1) is 25.7 Å². The molecular formula is C8H12CaO8. The van der Waals surface area contributed by atoms with Crippen LogP contribution in [0.2, 0.25) is 0 Å². The summed E-state index contributed by atoms with van der Waals surface area (Å²) in [5.74, 6) is -4.31. The quantitative estimate of drug-likeness (QED) is 0.474. The Hall–Kier alpha value is -0.860. The molecule has 4 N–H and O–H groups in total. The van der Waals surface area contributed by atoms with E-state index in [2.05, 4.69) is 0 Å². The Labute approximate surface area is 126 Å². The van der Waals surface area contributed by atoms with Crippen LogP contribution in [0, 0.1) is 0 Å². The van der Waals surface area contributed by atoms with Crippen LogP contribution < -0.4 is 0 Å². The molecule has 8 nitrogen and oxygen atoms in total. The van der Waals surface area contributed by atoms with Crippen LogP contribution in [0.4, 0.5) is 0 Å². The van der Waals surface area contributed by atoms with Gasteiger partial charge in [0.2, 0.25) is 0 Å². The van der Waals surface area contributed by atoms with Crippen molar-refractivity contribution in [2.45, 2.75) is 25.7 Å². The van der Waals surface area contributed by atoms with Gasteiger partial charge in [-0.2, -0.15) is 0 Å². The Balaban J connectivity index is -0.000000218. The van der Waals surface area contributed by atoms with Gasteiger partial charge >= 0.3 is 23.9 Å². The van der Waals surface area contributed by atoms with Crippen molar-refractivity contribution in [2.75, 3.05) is 0 Å². The van der Waals surface area contributed by atoms with E-state index in [0.717, 1.165) is 0 Å². The Kier molecular flexibility index (Phi) is 16.6. The van der Waals surface area contributed by atoms with Crippen LogP contribution in [0.25, 0.3) is 0 Å². The molecule has 0 saturated heterocycles. The number of carbonyl (C=O) groups is 4. The minimum atomic E-state index is -1.08. The number of hydrogen-bond acceptors (Lipinski definition) is 4. The van der Waals surface area contributed by atoms with E-state index >= 15 is 0 Å². The second kappa shape index (κ2) is 13.2. The van der Waals surface area contributed by atoms with E-state index in [1.807, 2.05) is 0 Å². The van der Waals surface area contributed by atoms with Gasteiger partial charge in [0, 0.05) is 37.7 Å². The summed E-state index contributed by atoms with van der Waals surface area (Å²) in [6.45, 7) is 0. The maximum atomic E-state index is 9.64. The number of aliphatic carboxylic acids is 4. The van der Waals surface area contributed by atoms with E-state index < -0.39 is 23.9 Å². The summed E-state index contributed by atoms with van der Waals surface area (Å²) >= 11 is 0. The fourth-order valence-corrected chi connectivity index (χ4v) is 0.428. The van der Waals surface area contributed by atoms with Gasteiger partial charge in [-0.05, 0) is 0 Å². The topological polar surface area (TPSA) is 149 Å². The van der Waals surface area contributed by atoms with Crippen LogP contribution in [0.3, 0.4) is 0 Å². The zero-order valence-electron chi connectivity index (χ0n) is 8.96. The average Bonchev–Trinajstić information content (AvgIpc) is 2.12. The van der Waals surface area contributed by atoms with Crippen molar-refractivity contribution in [1.29, 1.82) is 0 Å². The van der Waals surface area contributed by atoms with E-state index in [-0.39, 0.29) is 63.4 Å². The maximum absolute atomic E-state index is 9.64. The summed E-state index contributed by atoms with van der Waals surface area (Å²) < 4.78 is 0. The van der Waals surface area contributed by atoms with Gasteiger partial charge in [0.15, 0.2) is 0 Å². The normalized spacial score (nSPS) is 8.00. The molecule has 0 aliphatic carbocycles. The van der Waals surface area contributed by atoms with Crippen LogP contribution in [0.5, 0.6) is 0 Å². The van der Waals surface area contributed by atoms with Crippen LogP contribution in [0.15, 0.2) is 0 Å². The van der Waals surface area contributed by atoms with Crippen molar-refractivity contribution in [3.63, 3.8) is 0 Å². The zero-order valence-corrected chi connectivity index (χ0v) is 11.2.